The van der Waals surface area contributed by atoms with Crippen molar-refractivity contribution in [1.29, 1.82) is 0 Å². The number of aryl methyl sites for hydroxylation is 1. The van der Waals surface area contributed by atoms with Gasteiger partial charge in [-0.1, -0.05) is 5.10 Å². The number of tetrazole rings is 1. The predicted octanol–water partition coefficient (Wildman–Crippen LogP) is -0.602. The molecule has 1 aliphatic carbocycles. The van der Waals surface area contributed by atoms with E-state index in [1.54, 1.807) is 4.68 Å². The molecule has 0 aliphatic heterocycles. The molecule has 0 saturated heterocycles. The minimum atomic E-state index is 0.765. The van der Waals surface area contributed by atoms with Crippen molar-refractivity contribution in [3.63, 3.8) is 0 Å². The highest BCUT2D eigenvalue weighted by Gasteiger charge is 2.20. The Balaban J connectivity index is 1.76. The number of nitrogens with one attached hydrogen (secondary N) is 1. The van der Waals surface area contributed by atoms with Gasteiger partial charge in [-0.3, -0.25) is 0 Å². The fraction of sp³-hybridized carbons (Fsp3) is 0.875. The molecule has 1 heterocycles. The van der Waals surface area contributed by atoms with E-state index in [1.165, 1.54) is 12.8 Å². The van der Waals surface area contributed by atoms with E-state index < -0.39 is 0 Å². The molecule has 0 radical (unpaired) electrons. The Bertz CT molecular complexity index is 292. The number of aromatic nitrogens is 4. The fourth-order valence-corrected chi connectivity index (χ4v) is 1.37. The van der Waals surface area contributed by atoms with Crippen LogP contribution in [-0.4, -0.2) is 46.4 Å². The van der Waals surface area contributed by atoms with Crippen molar-refractivity contribution < 1.29 is 0 Å². The molecule has 0 atom stereocenters. The van der Waals surface area contributed by atoms with Gasteiger partial charge in [-0.15, -0.1) is 0 Å². The van der Waals surface area contributed by atoms with Gasteiger partial charge >= 0.3 is 0 Å². The molecule has 0 unspecified atom stereocenters. The number of anilines is 1. The van der Waals surface area contributed by atoms with E-state index in [2.05, 4.69) is 25.7 Å². The second-order valence-electron chi connectivity index (χ2n) is 3.75. The molecule has 0 amide bonds. The van der Waals surface area contributed by atoms with Crippen LogP contribution in [0.2, 0.25) is 0 Å². The van der Waals surface area contributed by atoms with Crippen molar-refractivity contribution in [3.8, 4) is 0 Å². The van der Waals surface area contributed by atoms with E-state index in [9.17, 15) is 0 Å². The molecular weight excluding hydrogens is 180 g/mol. The third-order valence-corrected chi connectivity index (χ3v) is 2.40. The smallest absolute Gasteiger partial charge is 0.245 e. The van der Waals surface area contributed by atoms with Crippen molar-refractivity contribution in [2.24, 2.45) is 7.05 Å². The Morgan fingerprint density at radius 2 is 2.36 bits per heavy atom. The summed E-state index contributed by atoms with van der Waals surface area (Å²) in [5.41, 5.74) is 0. The van der Waals surface area contributed by atoms with Gasteiger partial charge in [0.1, 0.15) is 0 Å². The summed E-state index contributed by atoms with van der Waals surface area (Å²) < 4.78 is 1.68. The third-order valence-electron chi connectivity index (χ3n) is 2.40. The molecule has 1 saturated carbocycles. The second kappa shape index (κ2) is 3.91. The van der Waals surface area contributed by atoms with Crippen LogP contribution in [0.5, 0.6) is 0 Å². The summed E-state index contributed by atoms with van der Waals surface area (Å²) in [5, 5.41) is 14.8. The molecule has 14 heavy (non-hydrogen) atoms. The Morgan fingerprint density at radius 1 is 1.57 bits per heavy atom. The van der Waals surface area contributed by atoms with Gasteiger partial charge in [0.25, 0.3) is 0 Å². The SMILES string of the molecule is CN(CCNC1CC1)c1nnnn1C. The van der Waals surface area contributed by atoms with Crippen LogP contribution < -0.4 is 10.2 Å². The predicted molar refractivity (Wildman–Crippen MR) is 53.1 cm³/mol. The van der Waals surface area contributed by atoms with Gasteiger partial charge < -0.3 is 10.2 Å². The first kappa shape index (κ1) is 9.39. The summed E-state index contributed by atoms with van der Waals surface area (Å²) in [6.45, 7) is 1.93. The quantitative estimate of drug-likeness (QED) is 0.681. The number of hydrogen-bond donors (Lipinski definition) is 1. The highest BCUT2D eigenvalue weighted by atomic mass is 15.6. The maximum Gasteiger partial charge on any atom is 0.245 e. The summed E-state index contributed by atoms with van der Waals surface area (Å²) in [4.78, 5) is 2.05. The molecule has 1 N–H and O–H groups in total. The van der Waals surface area contributed by atoms with Crippen molar-refractivity contribution in [2.45, 2.75) is 18.9 Å². The highest BCUT2D eigenvalue weighted by Crippen LogP contribution is 2.18. The van der Waals surface area contributed by atoms with Gasteiger partial charge in [0.15, 0.2) is 0 Å². The lowest BCUT2D eigenvalue weighted by Crippen LogP contribution is -2.31. The molecule has 6 heteroatoms. The standard InChI is InChI=1S/C8H16N6/c1-13(6-5-9-7-3-4-7)8-10-11-12-14(8)2/h7,9H,3-6H2,1-2H3. The monoisotopic (exact) mass is 196 g/mol. The zero-order chi connectivity index (χ0) is 9.97. The van der Waals surface area contributed by atoms with Crippen LogP contribution in [0.1, 0.15) is 12.8 Å². The largest absolute Gasteiger partial charge is 0.341 e. The summed E-state index contributed by atoms with van der Waals surface area (Å²) in [7, 11) is 3.85. The van der Waals surface area contributed by atoms with E-state index in [0.717, 1.165) is 25.1 Å². The zero-order valence-corrected chi connectivity index (χ0v) is 8.64. The van der Waals surface area contributed by atoms with Gasteiger partial charge in [0, 0.05) is 33.2 Å². The lowest BCUT2D eigenvalue weighted by atomic mass is 10.5. The summed E-state index contributed by atoms with van der Waals surface area (Å²) >= 11 is 0. The zero-order valence-electron chi connectivity index (χ0n) is 8.64. The molecular formula is C8H16N6. The van der Waals surface area contributed by atoms with Crippen LogP contribution in [0.25, 0.3) is 0 Å². The van der Waals surface area contributed by atoms with Gasteiger partial charge in [-0.25, -0.2) is 4.68 Å². The Kier molecular flexibility index (Phi) is 2.62. The fourth-order valence-electron chi connectivity index (χ4n) is 1.37. The van der Waals surface area contributed by atoms with Crippen LogP contribution in [0.3, 0.4) is 0 Å². The molecule has 2 rings (SSSR count). The second-order valence-corrected chi connectivity index (χ2v) is 3.75. The number of hydrogen-bond acceptors (Lipinski definition) is 5. The molecule has 1 aromatic heterocycles. The molecule has 1 fully saturated rings. The van der Waals surface area contributed by atoms with E-state index in [1.807, 2.05) is 14.1 Å². The van der Waals surface area contributed by atoms with Crippen LogP contribution in [-0.2, 0) is 7.05 Å². The lowest BCUT2D eigenvalue weighted by Gasteiger charge is -2.16. The summed E-state index contributed by atoms with van der Waals surface area (Å²) in [6.07, 6.45) is 2.66. The first-order chi connectivity index (χ1) is 6.77. The minimum absolute atomic E-state index is 0.765. The highest BCUT2D eigenvalue weighted by molar-refractivity contribution is 5.25. The lowest BCUT2D eigenvalue weighted by molar-refractivity contribution is 0.653. The van der Waals surface area contributed by atoms with Gasteiger partial charge in [-0.2, -0.15) is 0 Å². The van der Waals surface area contributed by atoms with Crippen molar-refractivity contribution in [2.75, 3.05) is 25.0 Å². The van der Waals surface area contributed by atoms with Crippen LogP contribution in [0.4, 0.5) is 5.95 Å². The molecule has 6 nitrogen and oxygen atoms in total. The average molecular weight is 196 g/mol. The Morgan fingerprint density at radius 3 is 2.93 bits per heavy atom. The van der Waals surface area contributed by atoms with Crippen molar-refractivity contribution >= 4 is 5.95 Å². The van der Waals surface area contributed by atoms with E-state index in [4.69, 9.17) is 0 Å². The topological polar surface area (TPSA) is 58.9 Å². The van der Waals surface area contributed by atoms with E-state index in [0.29, 0.717) is 0 Å². The molecule has 0 bridgehead atoms. The molecule has 0 aromatic carbocycles. The Labute approximate surface area is 83.3 Å². The van der Waals surface area contributed by atoms with Crippen LogP contribution >= 0.6 is 0 Å². The Hall–Kier alpha value is -1.17. The van der Waals surface area contributed by atoms with Crippen LogP contribution in [0.15, 0.2) is 0 Å². The minimum Gasteiger partial charge on any atom is -0.341 e. The number of likely N-dealkylation sites (N-methyl/N-ethyl adjacent to an activating group) is 1. The van der Waals surface area contributed by atoms with Crippen molar-refractivity contribution in [3.05, 3.63) is 0 Å². The maximum atomic E-state index is 3.93. The molecule has 1 aliphatic rings. The van der Waals surface area contributed by atoms with Crippen LogP contribution in [0, 0.1) is 0 Å². The van der Waals surface area contributed by atoms with Gasteiger partial charge in [0.2, 0.25) is 5.95 Å². The summed E-state index contributed by atoms with van der Waals surface area (Å²) in [6, 6.07) is 0.765. The maximum absolute atomic E-state index is 3.93. The first-order valence-electron chi connectivity index (χ1n) is 4.94. The number of rotatable bonds is 5. The molecule has 1 aromatic rings. The van der Waals surface area contributed by atoms with Gasteiger partial charge in [0.05, 0.1) is 0 Å². The average Bonchev–Trinajstić information content (AvgIpc) is 2.87. The van der Waals surface area contributed by atoms with E-state index in [-0.39, 0.29) is 0 Å². The first-order valence-corrected chi connectivity index (χ1v) is 4.94. The normalized spacial score (nSPS) is 15.9. The van der Waals surface area contributed by atoms with Crippen molar-refractivity contribution in [1.82, 2.24) is 25.5 Å². The molecule has 78 valence electrons. The molecule has 0 spiro atoms. The van der Waals surface area contributed by atoms with E-state index >= 15 is 0 Å². The number of nitrogens with zero attached hydrogens (tertiary/aromatic N) is 5. The summed E-state index contributed by atoms with van der Waals surface area (Å²) in [5.74, 6) is 0.808. The third kappa shape index (κ3) is 2.20. The van der Waals surface area contributed by atoms with Gasteiger partial charge in [-0.05, 0) is 23.3 Å².